The van der Waals surface area contributed by atoms with Crippen LogP contribution in [-0.2, 0) is 0 Å². The molecule has 0 unspecified atom stereocenters. The molecule has 0 spiro atoms. The third kappa shape index (κ3) is 4.75. The zero-order valence-corrected chi connectivity index (χ0v) is 16.8. The van der Waals surface area contributed by atoms with Crippen molar-refractivity contribution in [1.82, 2.24) is 4.98 Å². The lowest BCUT2D eigenvalue weighted by Gasteiger charge is -2.13. The fourth-order valence-corrected chi connectivity index (χ4v) is 2.81. The molecule has 0 aliphatic heterocycles. The minimum atomic E-state index is -0.322. The predicted molar refractivity (Wildman–Crippen MR) is 113 cm³/mol. The van der Waals surface area contributed by atoms with Crippen molar-refractivity contribution in [3.8, 4) is 17.2 Å². The topological polar surface area (TPSA) is 69.7 Å². The summed E-state index contributed by atoms with van der Waals surface area (Å²) in [6.45, 7) is 0. The van der Waals surface area contributed by atoms with Crippen molar-refractivity contribution in [1.29, 1.82) is 0 Å². The van der Waals surface area contributed by atoms with Gasteiger partial charge in [-0.3, -0.25) is 4.79 Å². The van der Waals surface area contributed by atoms with E-state index in [2.05, 4.69) is 10.3 Å². The van der Waals surface area contributed by atoms with Crippen LogP contribution in [0.25, 0.3) is 6.08 Å². The first-order valence-corrected chi connectivity index (χ1v) is 9.05. The maximum atomic E-state index is 13.1. The van der Waals surface area contributed by atoms with Crippen molar-refractivity contribution in [2.75, 3.05) is 26.6 Å². The lowest BCUT2D eigenvalue weighted by Crippen LogP contribution is -2.01. The molecule has 3 rings (SSSR count). The van der Waals surface area contributed by atoms with Gasteiger partial charge in [0.25, 0.3) is 0 Å². The molecule has 0 amide bonds. The van der Waals surface area contributed by atoms with Crippen molar-refractivity contribution in [2.24, 2.45) is 0 Å². The number of carbonyl (C=O) groups is 1. The molecule has 2 aromatic carbocycles. The molecule has 0 aliphatic rings. The molecule has 1 N–H and O–H groups in total. The van der Waals surface area contributed by atoms with Crippen LogP contribution in [0.2, 0.25) is 0 Å². The highest BCUT2D eigenvalue weighted by atomic mass is 19.1. The third-order valence-electron chi connectivity index (χ3n) is 4.31. The molecular weight excluding hydrogens is 387 g/mol. The Labute approximate surface area is 173 Å². The molecule has 0 aliphatic carbocycles. The average molecular weight is 408 g/mol. The Bertz CT molecular complexity index is 1040. The number of methoxy groups -OCH3 is 3. The molecule has 0 saturated carbocycles. The van der Waals surface area contributed by atoms with E-state index in [0.717, 1.165) is 0 Å². The lowest BCUT2D eigenvalue weighted by atomic mass is 10.1. The standard InChI is InChI=1S/C23H21FN2O4/c1-28-20-13-16(14-21(29-2)22(20)30-3)19(27)11-6-15-5-4-12-25-23(15)26-18-9-7-17(24)8-10-18/h4-14H,1-3H3,(H,25,26)/b11-6+. The number of nitrogens with one attached hydrogen (secondary N) is 1. The normalized spacial score (nSPS) is 10.7. The summed E-state index contributed by atoms with van der Waals surface area (Å²) in [6.07, 6.45) is 4.72. The Morgan fingerprint density at radius 2 is 1.67 bits per heavy atom. The largest absolute Gasteiger partial charge is 0.493 e. The maximum absolute atomic E-state index is 13.1. The van der Waals surface area contributed by atoms with Crippen LogP contribution < -0.4 is 19.5 Å². The van der Waals surface area contributed by atoms with E-state index in [0.29, 0.717) is 39.9 Å². The molecule has 0 saturated heterocycles. The number of ketones is 1. The molecule has 30 heavy (non-hydrogen) atoms. The van der Waals surface area contributed by atoms with E-state index in [-0.39, 0.29) is 11.6 Å². The van der Waals surface area contributed by atoms with Gasteiger partial charge in [0.15, 0.2) is 17.3 Å². The lowest BCUT2D eigenvalue weighted by molar-refractivity contribution is 0.104. The molecule has 0 fully saturated rings. The summed E-state index contributed by atoms with van der Waals surface area (Å²) in [5.74, 6) is 1.18. The number of hydrogen-bond acceptors (Lipinski definition) is 6. The number of rotatable bonds is 8. The Balaban J connectivity index is 1.86. The van der Waals surface area contributed by atoms with Crippen molar-refractivity contribution in [3.05, 3.63) is 77.7 Å². The first-order chi connectivity index (χ1) is 14.5. The molecule has 6 nitrogen and oxygen atoms in total. The van der Waals surface area contributed by atoms with Crippen LogP contribution in [-0.4, -0.2) is 32.1 Å². The number of anilines is 2. The summed E-state index contributed by atoms with van der Waals surface area (Å²) in [6, 6.07) is 12.7. The fourth-order valence-electron chi connectivity index (χ4n) is 2.81. The summed E-state index contributed by atoms with van der Waals surface area (Å²) >= 11 is 0. The third-order valence-corrected chi connectivity index (χ3v) is 4.31. The number of benzene rings is 2. The van der Waals surface area contributed by atoms with Gasteiger partial charge < -0.3 is 19.5 Å². The molecule has 0 radical (unpaired) electrons. The molecule has 3 aromatic rings. The summed E-state index contributed by atoms with van der Waals surface area (Å²) in [5, 5.41) is 3.12. The van der Waals surface area contributed by atoms with Crippen LogP contribution in [0.3, 0.4) is 0 Å². The zero-order chi connectivity index (χ0) is 21.5. The second kappa shape index (κ2) is 9.56. The molecule has 1 aromatic heterocycles. The van der Waals surface area contributed by atoms with E-state index in [1.54, 1.807) is 42.6 Å². The maximum Gasteiger partial charge on any atom is 0.203 e. The Morgan fingerprint density at radius 3 is 2.27 bits per heavy atom. The fraction of sp³-hybridized carbons (Fsp3) is 0.130. The van der Waals surface area contributed by atoms with Crippen LogP contribution in [0, 0.1) is 5.82 Å². The Kier molecular flexibility index (Phi) is 6.64. The second-order valence-corrected chi connectivity index (χ2v) is 6.18. The summed E-state index contributed by atoms with van der Waals surface area (Å²) in [5.41, 5.74) is 1.76. The quantitative estimate of drug-likeness (QED) is 0.423. The van der Waals surface area contributed by atoms with Gasteiger partial charge in [-0.05, 0) is 60.7 Å². The minimum Gasteiger partial charge on any atom is -0.493 e. The van der Waals surface area contributed by atoms with Gasteiger partial charge in [-0.25, -0.2) is 9.37 Å². The number of aromatic nitrogens is 1. The SMILES string of the molecule is COc1cc(C(=O)/C=C/c2cccnc2Nc2ccc(F)cc2)cc(OC)c1OC. The molecule has 0 atom stereocenters. The number of ether oxygens (including phenoxy) is 3. The number of hydrogen-bond donors (Lipinski definition) is 1. The first kappa shape index (κ1) is 20.9. The number of allylic oxidation sites excluding steroid dienone is 1. The number of pyridine rings is 1. The van der Waals surface area contributed by atoms with E-state index in [1.165, 1.54) is 39.5 Å². The van der Waals surface area contributed by atoms with E-state index in [9.17, 15) is 9.18 Å². The number of nitrogens with zero attached hydrogens (tertiary/aromatic N) is 1. The minimum absolute atomic E-state index is 0.245. The summed E-state index contributed by atoms with van der Waals surface area (Å²) in [7, 11) is 4.48. The number of halogens is 1. The van der Waals surface area contributed by atoms with Crippen LogP contribution >= 0.6 is 0 Å². The van der Waals surface area contributed by atoms with Gasteiger partial charge >= 0.3 is 0 Å². The highest BCUT2D eigenvalue weighted by Crippen LogP contribution is 2.38. The molecular formula is C23H21FN2O4. The predicted octanol–water partition coefficient (Wildman–Crippen LogP) is 4.89. The van der Waals surface area contributed by atoms with Crippen LogP contribution in [0.5, 0.6) is 17.2 Å². The van der Waals surface area contributed by atoms with Gasteiger partial charge in [0.1, 0.15) is 11.6 Å². The van der Waals surface area contributed by atoms with Gasteiger partial charge in [0.05, 0.1) is 21.3 Å². The van der Waals surface area contributed by atoms with Crippen LogP contribution in [0.4, 0.5) is 15.9 Å². The van der Waals surface area contributed by atoms with Crippen LogP contribution in [0.15, 0.2) is 60.8 Å². The first-order valence-electron chi connectivity index (χ1n) is 9.05. The zero-order valence-electron chi connectivity index (χ0n) is 16.8. The van der Waals surface area contributed by atoms with E-state index < -0.39 is 0 Å². The summed E-state index contributed by atoms with van der Waals surface area (Å²) in [4.78, 5) is 17.0. The Morgan fingerprint density at radius 1 is 1.00 bits per heavy atom. The smallest absolute Gasteiger partial charge is 0.203 e. The van der Waals surface area contributed by atoms with Crippen molar-refractivity contribution < 1.29 is 23.4 Å². The van der Waals surface area contributed by atoms with Gasteiger partial charge in [0.2, 0.25) is 5.75 Å². The van der Waals surface area contributed by atoms with Gasteiger partial charge in [-0.2, -0.15) is 0 Å². The Hall–Kier alpha value is -3.87. The monoisotopic (exact) mass is 408 g/mol. The van der Waals surface area contributed by atoms with Gasteiger partial charge in [-0.1, -0.05) is 0 Å². The number of carbonyl (C=O) groups excluding carboxylic acids is 1. The summed E-state index contributed by atoms with van der Waals surface area (Å²) < 4.78 is 29.0. The molecule has 0 bridgehead atoms. The average Bonchev–Trinajstić information content (AvgIpc) is 2.78. The van der Waals surface area contributed by atoms with Gasteiger partial charge in [0, 0.05) is 23.0 Å². The molecule has 7 heteroatoms. The van der Waals surface area contributed by atoms with Crippen molar-refractivity contribution in [3.63, 3.8) is 0 Å². The van der Waals surface area contributed by atoms with Gasteiger partial charge in [-0.15, -0.1) is 0 Å². The van der Waals surface area contributed by atoms with Crippen molar-refractivity contribution in [2.45, 2.75) is 0 Å². The highest BCUT2D eigenvalue weighted by molar-refractivity contribution is 6.07. The van der Waals surface area contributed by atoms with E-state index >= 15 is 0 Å². The molecule has 154 valence electrons. The second-order valence-electron chi connectivity index (χ2n) is 6.18. The highest BCUT2D eigenvalue weighted by Gasteiger charge is 2.16. The molecule has 1 heterocycles. The van der Waals surface area contributed by atoms with Crippen LogP contribution in [0.1, 0.15) is 15.9 Å². The van der Waals surface area contributed by atoms with Crippen molar-refractivity contribution >= 4 is 23.4 Å². The van der Waals surface area contributed by atoms with E-state index in [4.69, 9.17) is 14.2 Å². The van der Waals surface area contributed by atoms with E-state index in [1.807, 2.05) is 6.07 Å².